The lowest BCUT2D eigenvalue weighted by molar-refractivity contribution is 0.264. The van der Waals surface area contributed by atoms with Crippen molar-refractivity contribution in [2.45, 2.75) is 12.5 Å². The van der Waals surface area contributed by atoms with Crippen LogP contribution in [0.5, 0.6) is 0 Å². The van der Waals surface area contributed by atoms with Crippen LogP contribution in [0, 0.1) is 0 Å². The van der Waals surface area contributed by atoms with Crippen molar-refractivity contribution in [3.63, 3.8) is 0 Å². The number of hydrogen-bond acceptors (Lipinski definition) is 3. The molecule has 4 heteroatoms. The van der Waals surface area contributed by atoms with Crippen LogP contribution < -0.4 is 5.73 Å². The fraction of sp³-hybridized carbons (Fsp3) is 0.375. The molecule has 1 heterocycles. The average molecular weight is 189 g/mol. The predicted molar refractivity (Wildman–Crippen MR) is 50.3 cm³/mol. The standard InChI is InChI=1S/C8H12N2O.ClH/c9-7(6-11)5-8-3-1-2-4-10-8;/h1-4,7,11H,5-6,9H2;1H. The van der Waals surface area contributed by atoms with Crippen molar-refractivity contribution < 1.29 is 5.11 Å². The minimum Gasteiger partial charge on any atom is -0.395 e. The Morgan fingerprint density at radius 1 is 1.50 bits per heavy atom. The maximum absolute atomic E-state index is 8.64. The van der Waals surface area contributed by atoms with Crippen molar-refractivity contribution in [2.75, 3.05) is 6.61 Å². The molecule has 1 unspecified atom stereocenters. The van der Waals surface area contributed by atoms with Crippen LogP contribution in [0.2, 0.25) is 0 Å². The largest absolute Gasteiger partial charge is 0.395 e. The zero-order chi connectivity index (χ0) is 8.10. The lowest BCUT2D eigenvalue weighted by Crippen LogP contribution is -2.27. The van der Waals surface area contributed by atoms with E-state index < -0.39 is 0 Å². The van der Waals surface area contributed by atoms with Crippen molar-refractivity contribution in [2.24, 2.45) is 5.73 Å². The number of nitrogens with two attached hydrogens (primary N) is 1. The summed E-state index contributed by atoms with van der Waals surface area (Å²) in [6.07, 6.45) is 2.36. The van der Waals surface area contributed by atoms with E-state index in [-0.39, 0.29) is 25.1 Å². The molecule has 0 amide bonds. The second-order valence-electron chi connectivity index (χ2n) is 2.47. The van der Waals surface area contributed by atoms with E-state index >= 15 is 0 Å². The Balaban J connectivity index is 0.00000121. The van der Waals surface area contributed by atoms with E-state index in [2.05, 4.69) is 4.98 Å². The van der Waals surface area contributed by atoms with Gasteiger partial charge in [-0.2, -0.15) is 0 Å². The first-order valence-corrected chi connectivity index (χ1v) is 3.59. The molecule has 0 bridgehead atoms. The SMILES string of the molecule is Cl.NC(CO)Cc1ccccn1. The summed E-state index contributed by atoms with van der Waals surface area (Å²) in [7, 11) is 0. The van der Waals surface area contributed by atoms with Gasteiger partial charge in [-0.25, -0.2) is 0 Å². The molecule has 1 aromatic heterocycles. The fourth-order valence-corrected chi connectivity index (χ4v) is 0.852. The molecule has 0 saturated carbocycles. The van der Waals surface area contributed by atoms with Crippen molar-refractivity contribution >= 4 is 12.4 Å². The topological polar surface area (TPSA) is 59.1 Å². The first-order chi connectivity index (χ1) is 5.33. The lowest BCUT2D eigenvalue weighted by atomic mass is 10.2. The molecular formula is C8H13ClN2O. The number of rotatable bonds is 3. The minimum atomic E-state index is -0.190. The quantitative estimate of drug-likeness (QED) is 0.721. The highest BCUT2D eigenvalue weighted by molar-refractivity contribution is 5.85. The monoisotopic (exact) mass is 188 g/mol. The normalized spacial score (nSPS) is 11.8. The van der Waals surface area contributed by atoms with Crippen LogP contribution in [0.3, 0.4) is 0 Å². The molecule has 0 aliphatic rings. The van der Waals surface area contributed by atoms with Gasteiger partial charge in [0.05, 0.1) is 6.61 Å². The Labute approximate surface area is 78.0 Å². The molecule has 0 saturated heterocycles. The van der Waals surface area contributed by atoms with Gasteiger partial charge in [0.1, 0.15) is 0 Å². The van der Waals surface area contributed by atoms with Crippen LogP contribution in [0.15, 0.2) is 24.4 Å². The van der Waals surface area contributed by atoms with Gasteiger partial charge in [0.25, 0.3) is 0 Å². The van der Waals surface area contributed by atoms with E-state index in [4.69, 9.17) is 10.8 Å². The molecule has 0 radical (unpaired) electrons. The molecular weight excluding hydrogens is 176 g/mol. The second kappa shape index (κ2) is 5.94. The van der Waals surface area contributed by atoms with Crippen LogP contribution in [0.4, 0.5) is 0 Å². The van der Waals surface area contributed by atoms with Gasteiger partial charge in [-0.3, -0.25) is 4.98 Å². The number of hydrogen-bond donors (Lipinski definition) is 2. The van der Waals surface area contributed by atoms with Gasteiger partial charge in [0.15, 0.2) is 0 Å². The minimum absolute atomic E-state index is 0. The Hall–Kier alpha value is -0.640. The van der Waals surface area contributed by atoms with Crippen LogP contribution in [-0.4, -0.2) is 22.7 Å². The Morgan fingerprint density at radius 2 is 2.25 bits per heavy atom. The second-order valence-corrected chi connectivity index (χ2v) is 2.47. The summed E-state index contributed by atoms with van der Waals surface area (Å²) < 4.78 is 0. The highest BCUT2D eigenvalue weighted by atomic mass is 35.5. The lowest BCUT2D eigenvalue weighted by Gasteiger charge is -2.05. The Morgan fingerprint density at radius 3 is 2.75 bits per heavy atom. The summed E-state index contributed by atoms with van der Waals surface area (Å²) in [5.74, 6) is 0. The smallest absolute Gasteiger partial charge is 0.0586 e. The molecule has 1 atom stereocenters. The Bertz CT molecular complexity index is 205. The molecule has 12 heavy (non-hydrogen) atoms. The molecule has 0 fully saturated rings. The van der Waals surface area contributed by atoms with Gasteiger partial charge in [-0.05, 0) is 12.1 Å². The molecule has 68 valence electrons. The van der Waals surface area contributed by atoms with E-state index in [1.807, 2.05) is 18.2 Å². The molecule has 1 rings (SSSR count). The van der Waals surface area contributed by atoms with Gasteiger partial charge in [0, 0.05) is 24.4 Å². The number of aliphatic hydroxyl groups is 1. The maximum Gasteiger partial charge on any atom is 0.0586 e. The van der Waals surface area contributed by atoms with Crippen LogP contribution in [0.25, 0.3) is 0 Å². The summed E-state index contributed by atoms with van der Waals surface area (Å²) in [5.41, 5.74) is 6.44. The maximum atomic E-state index is 8.64. The number of aliphatic hydroxyl groups excluding tert-OH is 1. The molecule has 3 nitrogen and oxygen atoms in total. The van der Waals surface area contributed by atoms with Gasteiger partial charge in [-0.15, -0.1) is 12.4 Å². The van der Waals surface area contributed by atoms with Gasteiger partial charge >= 0.3 is 0 Å². The van der Waals surface area contributed by atoms with E-state index in [1.165, 1.54) is 0 Å². The van der Waals surface area contributed by atoms with Crippen molar-refractivity contribution in [1.29, 1.82) is 0 Å². The van der Waals surface area contributed by atoms with Crippen molar-refractivity contribution in [3.8, 4) is 0 Å². The van der Waals surface area contributed by atoms with E-state index in [0.717, 1.165) is 5.69 Å². The third kappa shape index (κ3) is 3.67. The molecule has 3 N–H and O–H groups in total. The summed E-state index contributed by atoms with van der Waals surface area (Å²) >= 11 is 0. The third-order valence-corrected chi connectivity index (χ3v) is 1.43. The average Bonchev–Trinajstić information content (AvgIpc) is 2.06. The summed E-state index contributed by atoms with van der Waals surface area (Å²) in [6, 6.07) is 5.47. The summed E-state index contributed by atoms with van der Waals surface area (Å²) in [5, 5.41) is 8.64. The predicted octanol–water partition coefficient (Wildman–Crippen LogP) is 0.365. The van der Waals surface area contributed by atoms with Crippen LogP contribution in [0.1, 0.15) is 5.69 Å². The first-order valence-electron chi connectivity index (χ1n) is 3.59. The summed E-state index contributed by atoms with van der Waals surface area (Å²) in [4.78, 5) is 4.08. The highest BCUT2D eigenvalue weighted by Gasteiger charge is 2.01. The zero-order valence-electron chi connectivity index (χ0n) is 6.68. The number of nitrogens with zero attached hydrogens (tertiary/aromatic N) is 1. The number of aromatic nitrogens is 1. The highest BCUT2D eigenvalue weighted by Crippen LogP contribution is 1.96. The third-order valence-electron chi connectivity index (χ3n) is 1.43. The molecule has 0 aliphatic heterocycles. The van der Waals surface area contributed by atoms with Crippen LogP contribution >= 0.6 is 12.4 Å². The van der Waals surface area contributed by atoms with E-state index in [9.17, 15) is 0 Å². The first kappa shape index (κ1) is 11.4. The molecule has 0 spiro atoms. The molecule has 0 aromatic carbocycles. The van der Waals surface area contributed by atoms with Gasteiger partial charge in [0.2, 0.25) is 0 Å². The Kier molecular flexibility index (Phi) is 5.62. The van der Waals surface area contributed by atoms with E-state index in [0.29, 0.717) is 6.42 Å². The molecule has 1 aromatic rings. The van der Waals surface area contributed by atoms with E-state index in [1.54, 1.807) is 6.20 Å². The number of pyridine rings is 1. The van der Waals surface area contributed by atoms with Crippen molar-refractivity contribution in [3.05, 3.63) is 30.1 Å². The van der Waals surface area contributed by atoms with Crippen molar-refractivity contribution in [1.82, 2.24) is 4.98 Å². The summed E-state index contributed by atoms with van der Waals surface area (Å²) in [6.45, 7) is 0.0105. The zero-order valence-corrected chi connectivity index (χ0v) is 7.50. The van der Waals surface area contributed by atoms with Crippen LogP contribution in [-0.2, 0) is 6.42 Å². The number of halogens is 1. The van der Waals surface area contributed by atoms with Gasteiger partial charge < -0.3 is 10.8 Å². The molecule has 0 aliphatic carbocycles. The van der Waals surface area contributed by atoms with Gasteiger partial charge in [-0.1, -0.05) is 6.07 Å². The fourth-order valence-electron chi connectivity index (χ4n) is 0.852.